The minimum Gasteiger partial charge on any atom is -0.366 e. The molecule has 0 atom stereocenters. The molecule has 1 aromatic heterocycles. The fourth-order valence-corrected chi connectivity index (χ4v) is 5.87. The van der Waals surface area contributed by atoms with Crippen molar-refractivity contribution in [1.29, 1.82) is 0 Å². The number of hydrogen-bond donors (Lipinski definition) is 2. The summed E-state index contributed by atoms with van der Waals surface area (Å²) in [5.41, 5.74) is 5.10. The summed E-state index contributed by atoms with van der Waals surface area (Å²) in [6.07, 6.45) is 0.490. The van der Waals surface area contributed by atoms with E-state index in [2.05, 4.69) is 5.32 Å². The number of nitro groups is 1. The first-order valence-electron chi connectivity index (χ1n) is 8.73. The third-order valence-electron chi connectivity index (χ3n) is 4.74. The van der Waals surface area contributed by atoms with Crippen LogP contribution in [0.25, 0.3) is 0 Å². The topological polar surface area (TPSA) is 153 Å². The van der Waals surface area contributed by atoms with E-state index in [1.54, 1.807) is 5.38 Å². The van der Waals surface area contributed by atoms with Crippen molar-refractivity contribution in [2.24, 2.45) is 11.7 Å². The number of carbonyl (C=O) groups excluding carboxylic acids is 2. The molecule has 160 valence electrons. The minimum atomic E-state index is -4.06. The number of non-ortho nitro benzene ring substituents is 1. The number of rotatable bonds is 6. The highest BCUT2D eigenvalue weighted by molar-refractivity contribution is 7.89. The van der Waals surface area contributed by atoms with E-state index in [0.29, 0.717) is 5.00 Å². The van der Waals surface area contributed by atoms with Gasteiger partial charge < -0.3 is 11.1 Å². The average Bonchev–Trinajstić information content (AvgIpc) is 3.16. The first-order chi connectivity index (χ1) is 14.1. The molecule has 1 fully saturated rings. The summed E-state index contributed by atoms with van der Waals surface area (Å²) in [6, 6.07) is 4.74. The molecular weight excluding hydrogens is 456 g/mol. The number of carbonyl (C=O) groups is 2. The maximum absolute atomic E-state index is 12.9. The first-order valence-corrected chi connectivity index (χ1v) is 11.4. The van der Waals surface area contributed by atoms with E-state index in [0.717, 1.165) is 16.4 Å². The van der Waals surface area contributed by atoms with Crippen LogP contribution in [0.5, 0.6) is 0 Å². The highest BCUT2D eigenvalue weighted by Gasteiger charge is 2.34. The van der Waals surface area contributed by atoms with Crippen molar-refractivity contribution in [3.8, 4) is 0 Å². The Labute approximate surface area is 180 Å². The lowest BCUT2D eigenvalue weighted by Crippen LogP contribution is -2.41. The molecule has 0 radical (unpaired) electrons. The van der Waals surface area contributed by atoms with Crippen LogP contribution >= 0.6 is 22.9 Å². The molecule has 3 N–H and O–H groups in total. The highest BCUT2D eigenvalue weighted by Crippen LogP contribution is 2.32. The Morgan fingerprint density at radius 3 is 2.53 bits per heavy atom. The largest absolute Gasteiger partial charge is 0.366 e. The Bertz CT molecular complexity index is 1110. The monoisotopic (exact) mass is 472 g/mol. The molecule has 13 heteroatoms. The first kappa shape index (κ1) is 22.2. The summed E-state index contributed by atoms with van der Waals surface area (Å²) in [5, 5.41) is 15.5. The number of nitrogens with one attached hydrogen (secondary N) is 1. The Morgan fingerprint density at radius 2 is 1.93 bits per heavy atom. The van der Waals surface area contributed by atoms with E-state index in [9.17, 15) is 28.1 Å². The SMILES string of the molecule is NC(=O)c1ccsc1NC(=O)C1CCN(S(=O)(=O)c2cc([N+](=O)[O-])ccc2Cl)CC1. The number of nitrogens with two attached hydrogens (primary N) is 1. The van der Waals surface area contributed by atoms with Gasteiger partial charge >= 0.3 is 0 Å². The lowest BCUT2D eigenvalue weighted by atomic mass is 9.97. The van der Waals surface area contributed by atoms with Crippen molar-refractivity contribution in [2.45, 2.75) is 17.7 Å². The van der Waals surface area contributed by atoms with E-state index in [1.165, 1.54) is 23.5 Å². The second-order valence-corrected chi connectivity index (χ2v) is 9.80. The van der Waals surface area contributed by atoms with Crippen molar-refractivity contribution in [2.75, 3.05) is 18.4 Å². The number of piperidine rings is 1. The lowest BCUT2D eigenvalue weighted by Gasteiger charge is -2.30. The number of nitro benzene ring substituents is 1. The van der Waals surface area contributed by atoms with Crippen LogP contribution in [0.4, 0.5) is 10.7 Å². The molecule has 30 heavy (non-hydrogen) atoms. The highest BCUT2D eigenvalue weighted by atomic mass is 35.5. The van der Waals surface area contributed by atoms with Gasteiger partial charge in [0.2, 0.25) is 15.9 Å². The van der Waals surface area contributed by atoms with Gasteiger partial charge in [-0.25, -0.2) is 8.42 Å². The normalized spacial score (nSPS) is 15.6. The standard InChI is InChI=1S/C17H17ClN4O6S2/c18-13-2-1-11(22(25)26)9-14(13)30(27,28)21-6-3-10(4-7-21)16(24)20-17-12(15(19)23)5-8-29-17/h1-2,5,8-10H,3-4,6-7H2,(H2,19,23)(H,20,24). The van der Waals surface area contributed by atoms with Gasteiger partial charge in [0.25, 0.3) is 11.6 Å². The number of primary amides is 1. The van der Waals surface area contributed by atoms with E-state index in [4.69, 9.17) is 17.3 Å². The third-order valence-corrected chi connectivity index (χ3v) is 7.95. The smallest absolute Gasteiger partial charge is 0.270 e. The van der Waals surface area contributed by atoms with Gasteiger partial charge in [0, 0.05) is 31.1 Å². The van der Waals surface area contributed by atoms with E-state index in [1.807, 2.05) is 0 Å². The van der Waals surface area contributed by atoms with Crippen LogP contribution in [-0.2, 0) is 14.8 Å². The molecule has 1 aliphatic heterocycles. The van der Waals surface area contributed by atoms with Gasteiger partial charge in [0.15, 0.2) is 0 Å². The van der Waals surface area contributed by atoms with Crippen molar-refractivity contribution in [1.82, 2.24) is 4.31 Å². The Balaban J connectivity index is 1.70. The number of sulfonamides is 1. The van der Waals surface area contributed by atoms with Gasteiger partial charge in [-0.2, -0.15) is 4.31 Å². The quantitative estimate of drug-likeness (QED) is 0.486. The third kappa shape index (κ3) is 4.46. The Morgan fingerprint density at radius 1 is 1.27 bits per heavy atom. The van der Waals surface area contributed by atoms with E-state index >= 15 is 0 Å². The fraction of sp³-hybridized carbons (Fsp3) is 0.294. The summed E-state index contributed by atoms with van der Waals surface area (Å²) in [6.45, 7) is 0.0963. The van der Waals surface area contributed by atoms with Crippen LogP contribution in [0.3, 0.4) is 0 Å². The molecule has 1 aliphatic rings. The summed E-state index contributed by atoms with van der Waals surface area (Å²) >= 11 is 7.14. The molecule has 0 bridgehead atoms. The van der Waals surface area contributed by atoms with Gasteiger partial charge in [-0.15, -0.1) is 11.3 Å². The Kier molecular flexibility index (Phi) is 6.41. The molecule has 3 rings (SSSR count). The molecule has 0 aliphatic carbocycles. The maximum atomic E-state index is 12.9. The van der Waals surface area contributed by atoms with Crippen LogP contribution < -0.4 is 11.1 Å². The van der Waals surface area contributed by atoms with Crippen LogP contribution in [0.2, 0.25) is 5.02 Å². The van der Waals surface area contributed by atoms with Crippen molar-refractivity contribution in [3.05, 3.63) is 50.3 Å². The Hall–Kier alpha value is -2.54. The molecule has 2 heterocycles. The zero-order valence-electron chi connectivity index (χ0n) is 15.4. The summed E-state index contributed by atoms with van der Waals surface area (Å²) < 4.78 is 27.0. The minimum absolute atomic E-state index is 0.0482. The molecule has 2 amide bonds. The second kappa shape index (κ2) is 8.68. The van der Waals surface area contributed by atoms with E-state index in [-0.39, 0.29) is 53.0 Å². The molecule has 0 spiro atoms. The number of anilines is 1. The molecule has 1 saturated heterocycles. The molecule has 10 nitrogen and oxygen atoms in total. The number of amides is 2. The van der Waals surface area contributed by atoms with Crippen LogP contribution in [0.15, 0.2) is 34.5 Å². The number of hydrogen-bond acceptors (Lipinski definition) is 7. The van der Waals surface area contributed by atoms with Gasteiger partial charge in [-0.05, 0) is 30.4 Å². The van der Waals surface area contributed by atoms with Gasteiger partial charge in [0.1, 0.15) is 9.90 Å². The lowest BCUT2D eigenvalue weighted by molar-refractivity contribution is -0.385. The molecule has 0 unspecified atom stereocenters. The predicted octanol–water partition coefficient (Wildman–Crippen LogP) is 2.45. The van der Waals surface area contributed by atoms with Crippen LogP contribution in [0, 0.1) is 16.0 Å². The van der Waals surface area contributed by atoms with Gasteiger partial charge in [-0.3, -0.25) is 19.7 Å². The number of halogens is 1. The summed E-state index contributed by atoms with van der Waals surface area (Å²) in [5.74, 6) is -1.44. The molecular formula is C17H17ClN4O6S2. The van der Waals surface area contributed by atoms with Crippen LogP contribution in [-0.4, -0.2) is 42.6 Å². The predicted molar refractivity (Wildman–Crippen MR) is 111 cm³/mol. The molecule has 0 saturated carbocycles. The van der Waals surface area contributed by atoms with Gasteiger partial charge in [-0.1, -0.05) is 11.6 Å². The fourth-order valence-electron chi connectivity index (χ4n) is 3.11. The summed E-state index contributed by atoms with van der Waals surface area (Å²) in [7, 11) is -4.06. The molecule has 2 aromatic rings. The molecule has 1 aromatic carbocycles. The van der Waals surface area contributed by atoms with Crippen molar-refractivity contribution in [3.63, 3.8) is 0 Å². The average molecular weight is 473 g/mol. The second-order valence-electron chi connectivity index (χ2n) is 6.57. The van der Waals surface area contributed by atoms with Crippen molar-refractivity contribution >= 4 is 55.5 Å². The van der Waals surface area contributed by atoms with E-state index < -0.39 is 26.8 Å². The maximum Gasteiger partial charge on any atom is 0.270 e. The number of thiophene rings is 1. The zero-order valence-corrected chi connectivity index (χ0v) is 17.8. The zero-order chi connectivity index (χ0) is 22.1. The number of benzene rings is 1. The van der Waals surface area contributed by atoms with Crippen molar-refractivity contribution < 1.29 is 22.9 Å². The summed E-state index contributed by atoms with van der Waals surface area (Å²) in [4.78, 5) is 33.8. The number of nitrogens with zero attached hydrogens (tertiary/aromatic N) is 2. The van der Waals surface area contributed by atoms with Gasteiger partial charge in [0.05, 0.1) is 15.5 Å². The van der Waals surface area contributed by atoms with Crippen LogP contribution in [0.1, 0.15) is 23.2 Å².